The first-order chi connectivity index (χ1) is 11.5. The van der Waals surface area contributed by atoms with Crippen LogP contribution in [0.1, 0.15) is 54.9 Å². The Hall–Kier alpha value is -1.60. The van der Waals surface area contributed by atoms with E-state index in [0.29, 0.717) is 5.41 Å². The topological polar surface area (TPSA) is 9.23 Å². The molecule has 0 aliphatic carbocycles. The van der Waals surface area contributed by atoms with Crippen LogP contribution in [-0.2, 0) is 4.74 Å². The fraction of sp³-hybridized carbons (Fsp3) is 0.478. The van der Waals surface area contributed by atoms with Crippen LogP contribution in [0.4, 0.5) is 0 Å². The number of methoxy groups -OCH3 is 1. The van der Waals surface area contributed by atoms with Gasteiger partial charge in [0.2, 0.25) is 0 Å². The lowest BCUT2D eigenvalue weighted by atomic mass is 9.99. The quantitative estimate of drug-likeness (QED) is 0.525. The first-order valence-corrected chi connectivity index (χ1v) is 8.96. The number of benzene rings is 2. The molecule has 0 heterocycles. The smallest absolute Gasteiger partial charge is 0.0510 e. The fourth-order valence-electron chi connectivity index (χ4n) is 1.20. The molecule has 1 nitrogen and oxygen atoms in total. The highest BCUT2D eigenvalue weighted by molar-refractivity contribution is 4.99. The average Bonchev–Trinajstić information content (AvgIpc) is 2.61. The summed E-state index contributed by atoms with van der Waals surface area (Å²) in [5.41, 5.74) is 0.328. The second-order valence-electron chi connectivity index (χ2n) is 6.01. The maximum atomic E-state index is 4.91. The van der Waals surface area contributed by atoms with Crippen LogP contribution in [0.5, 0.6) is 0 Å². The van der Waals surface area contributed by atoms with Gasteiger partial charge in [-0.25, -0.2) is 0 Å². The second-order valence-corrected chi connectivity index (χ2v) is 6.01. The highest BCUT2D eigenvalue weighted by Crippen LogP contribution is 2.11. The molecule has 0 saturated heterocycles. The van der Waals surface area contributed by atoms with Crippen molar-refractivity contribution in [2.75, 3.05) is 13.7 Å². The van der Waals surface area contributed by atoms with Crippen molar-refractivity contribution in [3.8, 4) is 0 Å². The summed E-state index contributed by atoms with van der Waals surface area (Å²) >= 11 is 0. The lowest BCUT2D eigenvalue weighted by Gasteiger charge is -2.15. The highest BCUT2D eigenvalue weighted by atomic mass is 16.5. The molecule has 1 heteroatoms. The molecule has 138 valence electrons. The van der Waals surface area contributed by atoms with E-state index in [1.165, 1.54) is 6.42 Å². The van der Waals surface area contributed by atoms with Gasteiger partial charge in [0.25, 0.3) is 0 Å². The largest absolute Gasteiger partial charge is 0.384 e. The standard InChI is InChI=1S/C6H14O.2C6H6.C3H8.C2H6/c1-6(2,3)5-7-4;2*1-2-4-6-5-3-1;1-3-2;1-2/h5H2,1-4H3;2*1-6H;3H2,1-2H3;1-2H3. The summed E-state index contributed by atoms with van der Waals surface area (Å²) < 4.78 is 4.91. The van der Waals surface area contributed by atoms with Gasteiger partial charge in [0.1, 0.15) is 0 Å². The van der Waals surface area contributed by atoms with Crippen molar-refractivity contribution < 1.29 is 4.74 Å². The van der Waals surface area contributed by atoms with Gasteiger partial charge >= 0.3 is 0 Å². The second kappa shape index (κ2) is 23.7. The summed E-state index contributed by atoms with van der Waals surface area (Å²) in [4.78, 5) is 0. The van der Waals surface area contributed by atoms with E-state index >= 15 is 0 Å². The molecule has 0 aromatic heterocycles. The Morgan fingerprint density at radius 3 is 0.792 bits per heavy atom. The summed E-state index contributed by atoms with van der Waals surface area (Å²) in [6.45, 7) is 15.5. The molecule has 2 aromatic rings. The van der Waals surface area contributed by atoms with Gasteiger partial charge in [0.05, 0.1) is 6.61 Å². The van der Waals surface area contributed by atoms with Crippen molar-refractivity contribution in [1.82, 2.24) is 0 Å². The Kier molecular flexibility index (Phi) is 26.9. The van der Waals surface area contributed by atoms with Gasteiger partial charge in [-0.1, -0.05) is 128 Å². The minimum atomic E-state index is 0.328. The predicted octanol–water partition coefficient (Wildman–Crippen LogP) is 7.49. The highest BCUT2D eigenvalue weighted by Gasteiger charge is 2.07. The Bertz CT molecular complexity index is 291. The molecule has 0 radical (unpaired) electrons. The molecule has 0 aliphatic rings. The average molecular weight is 333 g/mol. The molecule has 0 saturated carbocycles. The van der Waals surface area contributed by atoms with Crippen LogP contribution in [0.25, 0.3) is 0 Å². The Labute approximate surface area is 152 Å². The third-order valence-electron chi connectivity index (χ3n) is 1.91. The van der Waals surface area contributed by atoms with E-state index in [-0.39, 0.29) is 0 Å². The fourth-order valence-corrected chi connectivity index (χ4v) is 1.20. The maximum Gasteiger partial charge on any atom is 0.0510 e. The van der Waals surface area contributed by atoms with Crippen LogP contribution in [0.2, 0.25) is 0 Å². The van der Waals surface area contributed by atoms with Gasteiger partial charge in [0, 0.05) is 7.11 Å². The summed E-state index contributed by atoms with van der Waals surface area (Å²) in [6.07, 6.45) is 1.25. The van der Waals surface area contributed by atoms with Gasteiger partial charge in [-0.05, 0) is 5.41 Å². The van der Waals surface area contributed by atoms with Crippen molar-refractivity contribution >= 4 is 0 Å². The summed E-state index contributed by atoms with van der Waals surface area (Å²) in [7, 11) is 1.73. The van der Waals surface area contributed by atoms with E-state index in [1.807, 2.05) is 86.6 Å². The minimum absolute atomic E-state index is 0.328. The zero-order valence-corrected chi connectivity index (χ0v) is 17.3. The monoisotopic (exact) mass is 332 g/mol. The SMILES string of the molecule is CC.CCC.COCC(C)(C)C.c1ccccc1.c1ccccc1. The van der Waals surface area contributed by atoms with Gasteiger partial charge in [-0.2, -0.15) is 0 Å². The van der Waals surface area contributed by atoms with Crippen LogP contribution in [0.15, 0.2) is 72.8 Å². The summed E-state index contributed by atoms with van der Waals surface area (Å²) in [6, 6.07) is 24.0. The minimum Gasteiger partial charge on any atom is -0.384 e. The first kappa shape index (κ1) is 27.3. The predicted molar refractivity (Wildman–Crippen MR) is 112 cm³/mol. The van der Waals surface area contributed by atoms with Crippen molar-refractivity contribution in [3.63, 3.8) is 0 Å². The van der Waals surface area contributed by atoms with Crippen LogP contribution in [0, 0.1) is 5.41 Å². The molecule has 0 N–H and O–H groups in total. The van der Waals surface area contributed by atoms with Crippen molar-refractivity contribution in [1.29, 1.82) is 0 Å². The molecular weight excluding hydrogens is 292 g/mol. The van der Waals surface area contributed by atoms with Gasteiger partial charge in [0.15, 0.2) is 0 Å². The molecule has 0 atom stereocenters. The summed E-state index contributed by atoms with van der Waals surface area (Å²) in [5.74, 6) is 0. The zero-order chi connectivity index (χ0) is 19.1. The van der Waals surface area contributed by atoms with E-state index in [2.05, 4.69) is 34.6 Å². The van der Waals surface area contributed by atoms with Crippen molar-refractivity contribution in [2.45, 2.75) is 54.9 Å². The van der Waals surface area contributed by atoms with Crippen LogP contribution in [0.3, 0.4) is 0 Å². The lowest BCUT2D eigenvalue weighted by Crippen LogP contribution is -2.12. The molecule has 0 aliphatic heterocycles. The molecule has 0 amide bonds. The van der Waals surface area contributed by atoms with Gasteiger partial charge in [-0.15, -0.1) is 0 Å². The normalized spacial score (nSPS) is 8.50. The lowest BCUT2D eigenvalue weighted by molar-refractivity contribution is 0.116. The Balaban J connectivity index is -0.000000244. The molecule has 24 heavy (non-hydrogen) atoms. The number of ether oxygens (including phenoxy) is 1. The third-order valence-corrected chi connectivity index (χ3v) is 1.91. The van der Waals surface area contributed by atoms with E-state index in [4.69, 9.17) is 4.74 Å². The molecule has 0 spiro atoms. The van der Waals surface area contributed by atoms with Crippen molar-refractivity contribution in [2.24, 2.45) is 5.41 Å². The number of rotatable bonds is 1. The summed E-state index contributed by atoms with van der Waals surface area (Å²) in [5, 5.41) is 0. The van der Waals surface area contributed by atoms with E-state index < -0.39 is 0 Å². The van der Waals surface area contributed by atoms with Crippen molar-refractivity contribution in [3.05, 3.63) is 72.8 Å². The Morgan fingerprint density at radius 1 is 0.583 bits per heavy atom. The van der Waals surface area contributed by atoms with Crippen LogP contribution < -0.4 is 0 Å². The third kappa shape index (κ3) is 37.0. The molecule has 0 unspecified atom stereocenters. The van der Waals surface area contributed by atoms with E-state index in [9.17, 15) is 0 Å². The Morgan fingerprint density at radius 2 is 0.750 bits per heavy atom. The van der Waals surface area contributed by atoms with Crippen LogP contribution in [-0.4, -0.2) is 13.7 Å². The molecule has 0 bridgehead atoms. The molecular formula is C23H40O. The molecule has 0 fully saturated rings. The van der Waals surface area contributed by atoms with E-state index in [1.54, 1.807) is 7.11 Å². The van der Waals surface area contributed by atoms with Gasteiger partial charge in [-0.3, -0.25) is 0 Å². The van der Waals surface area contributed by atoms with E-state index in [0.717, 1.165) is 6.61 Å². The molecule has 2 aromatic carbocycles. The van der Waals surface area contributed by atoms with Crippen LogP contribution >= 0.6 is 0 Å². The van der Waals surface area contributed by atoms with Gasteiger partial charge < -0.3 is 4.74 Å². The molecule has 2 rings (SSSR count). The first-order valence-electron chi connectivity index (χ1n) is 8.96. The number of hydrogen-bond donors (Lipinski definition) is 0. The number of hydrogen-bond acceptors (Lipinski definition) is 1. The maximum absolute atomic E-state index is 4.91. The zero-order valence-electron chi connectivity index (χ0n) is 17.3.